The third-order valence-electron chi connectivity index (χ3n) is 3.67. The molecule has 1 heterocycles. The van der Waals surface area contributed by atoms with E-state index in [1.54, 1.807) is 26.8 Å². The van der Waals surface area contributed by atoms with E-state index in [1.807, 2.05) is 0 Å². The van der Waals surface area contributed by atoms with Crippen molar-refractivity contribution in [1.82, 2.24) is 9.88 Å². The molecule has 0 saturated heterocycles. The van der Waals surface area contributed by atoms with Gasteiger partial charge in [-0.2, -0.15) is 0 Å². The number of carboxylic acid groups (broad SMARTS) is 1. The van der Waals surface area contributed by atoms with E-state index in [2.05, 4.69) is 10.3 Å². The van der Waals surface area contributed by atoms with Crippen molar-refractivity contribution in [3.05, 3.63) is 46.5 Å². The number of hydrogen-bond acceptors (Lipinski definition) is 4. The number of nitrogens with one attached hydrogen (secondary N) is 1. The van der Waals surface area contributed by atoms with Gasteiger partial charge in [-0.25, -0.2) is 14.2 Å². The Hall–Kier alpha value is -2.25. The Morgan fingerprint density at radius 2 is 2.07 bits per heavy atom. The van der Waals surface area contributed by atoms with Crippen molar-refractivity contribution in [2.24, 2.45) is 0 Å². The van der Waals surface area contributed by atoms with Gasteiger partial charge in [0.1, 0.15) is 29.0 Å². The van der Waals surface area contributed by atoms with Crippen molar-refractivity contribution < 1.29 is 19.0 Å². The molecule has 6 nitrogen and oxygen atoms in total. The number of para-hydroxylation sites is 1. The molecule has 0 bridgehead atoms. The Morgan fingerprint density at radius 1 is 1.37 bits per heavy atom. The summed E-state index contributed by atoms with van der Waals surface area (Å²) in [6, 6.07) is 5.80. The van der Waals surface area contributed by atoms with Crippen LogP contribution in [0.15, 0.2) is 30.5 Å². The number of anilines is 2. The molecule has 2 rings (SSSR count). The van der Waals surface area contributed by atoms with E-state index in [9.17, 15) is 14.3 Å². The van der Waals surface area contributed by atoms with Crippen molar-refractivity contribution >= 4 is 40.7 Å². The Balaban J connectivity index is 2.18. The van der Waals surface area contributed by atoms with Crippen molar-refractivity contribution in [3.63, 3.8) is 0 Å². The monoisotopic (exact) mass is 415 g/mol. The first-order chi connectivity index (χ1) is 12.6. The molecule has 1 amide bonds. The molecule has 27 heavy (non-hydrogen) atoms. The highest BCUT2D eigenvalue weighted by molar-refractivity contribution is 6.34. The Morgan fingerprint density at radius 3 is 2.70 bits per heavy atom. The molecule has 0 atom stereocenters. The average molecular weight is 416 g/mol. The number of ether oxygens (including phenoxy) is 1. The summed E-state index contributed by atoms with van der Waals surface area (Å²) in [5.41, 5.74) is -0.146. The molecule has 0 radical (unpaired) electrons. The smallest absolute Gasteiger partial charge is 0.407 e. The van der Waals surface area contributed by atoms with Gasteiger partial charge >= 0.3 is 6.09 Å². The van der Waals surface area contributed by atoms with E-state index < -0.39 is 17.4 Å². The summed E-state index contributed by atoms with van der Waals surface area (Å²) in [6.07, 6.45) is 0.295. The molecule has 9 heteroatoms. The van der Waals surface area contributed by atoms with Gasteiger partial charge in [0.25, 0.3) is 0 Å². The number of carbonyl (C=O) groups is 1. The molecule has 0 saturated carbocycles. The van der Waals surface area contributed by atoms with Crippen molar-refractivity contribution in [2.45, 2.75) is 26.3 Å². The Kier molecular flexibility index (Phi) is 6.73. The number of aromatic nitrogens is 1. The molecular formula is C18H20Cl2FN3O3. The van der Waals surface area contributed by atoms with Gasteiger partial charge in [-0.1, -0.05) is 29.3 Å². The summed E-state index contributed by atoms with van der Waals surface area (Å²) in [4.78, 5) is 16.5. The lowest BCUT2D eigenvalue weighted by Gasteiger charge is -2.33. The fraction of sp³-hybridized carbons (Fsp3) is 0.333. The summed E-state index contributed by atoms with van der Waals surface area (Å²) in [7, 11) is 0. The van der Waals surface area contributed by atoms with E-state index in [4.69, 9.17) is 27.9 Å². The first-order valence-electron chi connectivity index (χ1n) is 8.09. The van der Waals surface area contributed by atoms with E-state index >= 15 is 0 Å². The Labute approximate surface area is 166 Å². The van der Waals surface area contributed by atoms with Crippen molar-refractivity contribution in [3.8, 4) is 5.75 Å². The van der Waals surface area contributed by atoms with Crippen LogP contribution in [0.2, 0.25) is 10.2 Å². The van der Waals surface area contributed by atoms with E-state index in [0.717, 1.165) is 0 Å². The van der Waals surface area contributed by atoms with E-state index in [0.29, 0.717) is 5.69 Å². The molecule has 0 aliphatic rings. The summed E-state index contributed by atoms with van der Waals surface area (Å²) < 4.78 is 20.0. The van der Waals surface area contributed by atoms with Crippen LogP contribution in [0, 0.1) is 5.82 Å². The number of rotatable bonds is 6. The second-order valence-electron chi connectivity index (χ2n) is 6.68. The van der Waals surface area contributed by atoms with Crippen LogP contribution in [0.1, 0.15) is 20.8 Å². The third kappa shape index (κ3) is 5.61. The lowest BCUT2D eigenvalue weighted by Crippen LogP contribution is -2.46. The minimum atomic E-state index is -1.05. The third-order valence-corrected chi connectivity index (χ3v) is 4.18. The van der Waals surface area contributed by atoms with E-state index in [-0.39, 0.29) is 34.8 Å². The number of benzene rings is 1. The predicted molar refractivity (Wildman–Crippen MR) is 104 cm³/mol. The highest BCUT2D eigenvalue weighted by atomic mass is 35.5. The van der Waals surface area contributed by atoms with Crippen LogP contribution in [-0.4, -0.2) is 39.8 Å². The number of pyridine rings is 1. The van der Waals surface area contributed by atoms with Crippen LogP contribution in [-0.2, 0) is 0 Å². The lowest BCUT2D eigenvalue weighted by atomic mass is 10.1. The Bertz CT molecular complexity index is 828. The highest BCUT2D eigenvalue weighted by Crippen LogP contribution is 2.34. The van der Waals surface area contributed by atoms with Crippen molar-refractivity contribution in [1.29, 1.82) is 0 Å². The van der Waals surface area contributed by atoms with Gasteiger partial charge in [-0.15, -0.1) is 0 Å². The molecule has 0 aliphatic heterocycles. The lowest BCUT2D eigenvalue weighted by molar-refractivity contribution is 0.0892. The van der Waals surface area contributed by atoms with Gasteiger partial charge in [0.2, 0.25) is 0 Å². The summed E-state index contributed by atoms with van der Waals surface area (Å²) in [5.74, 6) is -0.333. The van der Waals surface area contributed by atoms with Gasteiger partial charge < -0.3 is 20.1 Å². The first-order valence-corrected chi connectivity index (χ1v) is 8.85. The standard InChI is InChI=1S/C18H20Cl2FN3O3/c1-18(2,3)24(17(25)26)7-8-27-14-6-4-5-12(21)16(14)23-13-9-15(20)22-10-11(13)19/h4-6,9-10H,7-8H2,1-3H3,(H,22,23)(H,25,26). The normalized spacial score (nSPS) is 11.2. The molecule has 0 unspecified atom stereocenters. The molecule has 0 fully saturated rings. The molecule has 2 aromatic rings. The second-order valence-corrected chi connectivity index (χ2v) is 7.47. The fourth-order valence-corrected chi connectivity index (χ4v) is 2.66. The summed E-state index contributed by atoms with van der Waals surface area (Å²) in [5, 5.41) is 12.6. The van der Waals surface area contributed by atoms with Crippen LogP contribution < -0.4 is 10.1 Å². The zero-order chi connectivity index (χ0) is 20.2. The van der Waals surface area contributed by atoms with Crippen LogP contribution in [0.3, 0.4) is 0 Å². The molecule has 0 spiro atoms. The maximum absolute atomic E-state index is 14.3. The number of amides is 1. The van der Waals surface area contributed by atoms with Gasteiger partial charge in [0.05, 0.1) is 17.3 Å². The molecule has 2 N–H and O–H groups in total. The van der Waals surface area contributed by atoms with Crippen LogP contribution in [0.5, 0.6) is 5.75 Å². The summed E-state index contributed by atoms with van der Waals surface area (Å²) >= 11 is 11.9. The van der Waals surface area contributed by atoms with Gasteiger partial charge in [0, 0.05) is 17.8 Å². The average Bonchev–Trinajstić information content (AvgIpc) is 2.56. The van der Waals surface area contributed by atoms with Crippen molar-refractivity contribution in [2.75, 3.05) is 18.5 Å². The quantitative estimate of drug-likeness (QED) is 0.615. The molecular weight excluding hydrogens is 396 g/mol. The predicted octanol–water partition coefficient (Wildman–Crippen LogP) is 5.43. The second kappa shape index (κ2) is 8.63. The zero-order valence-electron chi connectivity index (χ0n) is 15.1. The topological polar surface area (TPSA) is 74.7 Å². The van der Waals surface area contributed by atoms with Gasteiger partial charge in [-0.3, -0.25) is 0 Å². The van der Waals surface area contributed by atoms with Crippen LogP contribution in [0.25, 0.3) is 0 Å². The van der Waals surface area contributed by atoms with Crippen LogP contribution >= 0.6 is 23.2 Å². The number of halogens is 3. The first kappa shape index (κ1) is 21.1. The van der Waals surface area contributed by atoms with Gasteiger partial charge in [-0.05, 0) is 32.9 Å². The molecule has 1 aromatic heterocycles. The minimum absolute atomic E-state index is 0.0482. The molecule has 0 aliphatic carbocycles. The maximum atomic E-state index is 14.3. The molecule has 1 aromatic carbocycles. The fourth-order valence-electron chi connectivity index (χ4n) is 2.35. The molecule has 146 valence electrons. The maximum Gasteiger partial charge on any atom is 0.407 e. The van der Waals surface area contributed by atoms with Crippen LogP contribution in [0.4, 0.5) is 20.6 Å². The highest BCUT2D eigenvalue weighted by Gasteiger charge is 2.26. The number of nitrogens with zero attached hydrogens (tertiary/aromatic N) is 2. The SMILES string of the molecule is CC(C)(C)N(CCOc1cccc(F)c1Nc1cc(Cl)ncc1Cl)C(=O)O. The largest absolute Gasteiger partial charge is 0.489 e. The summed E-state index contributed by atoms with van der Waals surface area (Å²) in [6.45, 7) is 5.52. The van der Waals surface area contributed by atoms with Gasteiger partial charge in [0.15, 0.2) is 0 Å². The zero-order valence-corrected chi connectivity index (χ0v) is 16.6. The minimum Gasteiger partial charge on any atom is -0.489 e. The van der Waals surface area contributed by atoms with E-state index in [1.165, 1.54) is 29.3 Å². The number of hydrogen-bond donors (Lipinski definition) is 2.